The van der Waals surface area contributed by atoms with Gasteiger partial charge >= 0.3 is 6.09 Å². The van der Waals surface area contributed by atoms with Crippen molar-refractivity contribution in [3.63, 3.8) is 0 Å². The van der Waals surface area contributed by atoms with Crippen LogP contribution in [0, 0.1) is 6.92 Å². The summed E-state index contributed by atoms with van der Waals surface area (Å²) in [4.78, 5) is 11.7. The monoisotopic (exact) mass is 252 g/mol. The Bertz CT molecular complexity index is 450. The van der Waals surface area contributed by atoms with Gasteiger partial charge < -0.3 is 15.2 Å². The number of nitrogens with two attached hydrogens (primary N) is 1. The fraction of sp³-hybridized carbons (Fsp3) is 0.462. The van der Waals surface area contributed by atoms with E-state index in [0.717, 1.165) is 5.56 Å². The van der Waals surface area contributed by atoms with Crippen molar-refractivity contribution in [1.82, 2.24) is 0 Å². The number of benzene rings is 1. The van der Waals surface area contributed by atoms with E-state index in [2.05, 4.69) is 5.32 Å². The molecule has 1 rings (SSSR count). The second-order valence-corrected chi connectivity index (χ2v) is 5.04. The van der Waals surface area contributed by atoms with Gasteiger partial charge in [-0.25, -0.2) is 4.79 Å². The molecule has 0 unspecified atom stereocenters. The second-order valence-electron chi connectivity index (χ2n) is 5.04. The number of anilines is 2. The highest BCUT2D eigenvalue weighted by Gasteiger charge is 2.17. The summed E-state index contributed by atoms with van der Waals surface area (Å²) in [6.07, 6.45) is -0.502. The molecule has 0 aromatic heterocycles. The molecule has 0 aliphatic rings. The number of amides is 1. The second kappa shape index (κ2) is 5.16. The highest BCUT2D eigenvalue weighted by Crippen LogP contribution is 2.29. The molecule has 1 aromatic carbocycles. The normalized spacial score (nSPS) is 10.9. The molecule has 0 fully saturated rings. The smallest absolute Gasteiger partial charge is 0.412 e. The molecule has 5 heteroatoms. The Balaban J connectivity index is 2.88. The average Bonchev–Trinajstić information content (AvgIpc) is 2.19. The Morgan fingerprint density at radius 2 is 1.94 bits per heavy atom. The van der Waals surface area contributed by atoms with Crippen molar-refractivity contribution in [1.29, 1.82) is 0 Å². The van der Waals surface area contributed by atoms with Crippen molar-refractivity contribution < 1.29 is 14.3 Å². The predicted molar refractivity (Wildman–Crippen MR) is 72.0 cm³/mol. The SMILES string of the molecule is COc1cc(NC(=O)OC(C)(C)C)c(C)cc1N. The molecule has 1 aromatic rings. The zero-order chi connectivity index (χ0) is 13.9. The first-order chi connectivity index (χ1) is 8.23. The topological polar surface area (TPSA) is 73.6 Å². The minimum atomic E-state index is -0.532. The molecular formula is C13H20N2O3. The van der Waals surface area contributed by atoms with Crippen molar-refractivity contribution >= 4 is 17.5 Å². The summed E-state index contributed by atoms with van der Waals surface area (Å²) in [6, 6.07) is 3.42. The molecule has 0 bridgehead atoms. The largest absolute Gasteiger partial charge is 0.495 e. The molecule has 18 heavy (non-hydrogen) atoms. The lowest BCUT2D eigenvalue weighted by molar-refractivity contribution is 0.0636. The molecule has 0 radical (unpaired) electrons. The van der Waals surface area contributed by atoms with Gasteiger partial charge in [0.1, 0.15) is 11.4 Å². The zero-order valence-electron chi connectivity index (χ0n) is 11.5. The third-order valence-corrected chi connectivity index (χ3v) is 2.21. The van der Waals surface area contributed by atoms with Gasteiger partial charge in [0.15, 0.2) is 0 Å². The molecule has 0 heterocycles. The van der Waals surface area contributed by atoms with Gasteiger partial charge in [-0.05, 0) is 39.3 Å². The van der Waals surface area contributed by atoms with Crippen molar-refractivity contribution in [3.8, 4) is 5.75 Å². The number of carbonyl (C=O) groups excluding carboxylic acids is 1. The molecule has 0 aliphatic heterocycles. The van der Waals surface area contributed by atoms with E-state index in [1.807, 2.05) is 27.7 Å². The van der Waals surface area contributed by atoms with E-state index in [-0.39, 0.29) is 0 Å². The number of hydrogen-bond donors (Lipinski definition) is 2. The van der Waals surface area contributed by atoms with Crippen LogP contribution >= 0.6 is 0 Å². The summed E-state index contributed by atoms with van der Waals surface area (Å²) >= 11 is 0. The Hall–Kier alpha value is -1.91. The van der Waals surface area contributed by atoms with Crippen LogP contribution in [-0.4, -0.2) is 18.8 Å². The van der Waals surface area contributed by atoms with E-state index in [1.54, 1.807) is 12.1 Å². The fourth-order valence-corrected chi connectivity index (χ4v) is 1.44. The first-order valence-electron chi connectivity index (χ1n) is 5.67. The number of ether oxygens (including phenoxy) is 2. The standard InChI is InChI=1S/C13H20N2O3/c1-8-6-9(14)11(17-5)7-10(8)15-12(16)18-13(2,3)4/h6-7H,14H2,1-5H3,(H,15,16). The predicted octanol–water partition coefficient (Wildman–Crippen LogP) is 2.93. The highest BCUT2D eigenvalue weighted by atomic mass is 16.6. The maximum Gasteiger partial charge on any atom is 0.412 e. The Morgan fingerprint density at radius 3 is 2.44 bits per heavy atom. The van der Waals surface area contributed by atoms with Gasteiger partial charge in [-0.3, -0.25) is 5.32 Å². The van der Waals surface area contributed by atoms with Gasteiger partial charge in [0.2, 0.25) is 0 Å². The molecule has 1 amide bonds. The van der Waals surface area contributed by atoms with Crippen LogP contribution < -0.4 is 15.8 Å². The molecule has 5 nitrogen and oxygen atoms in total. The Morgan fingerprint density at radius 1 is 1.33 bits per heavy atom. The average molecular weight is 252 g/mol. The number of nitrogen functional groups attached to an aromatic ring is 1. The number of hydrogen-bond acceptors (Lipinski definition) is 4. The Kier molecular flexibility index (Phi) is 4.06. The van der Waals surface area contributed by atoms with Gasteiger partial charge in [-0.1, -0.05) is 0 Å². The maximum atomic E-state index is 11.7. The summed E-state index contributed by atoms with van der Waals surface area (Å²) in [5.41, 5.74) is 7.23. The van der Waals surface area contributed by atoms with E-state index >= 15 is 0 Å². The van der Waals surface area contributed by atoms with Crippen LogP contribution in [0.25, 0.3) is 0 Å². The van der Waals surface area contributed by atoms with Gasteiger partial charge in [0.05, 0.1) is 18.5 Å². The van der Waals surface area contributed by atoms with E-state index in [4.69, 9.17) is 15.2 Å². The molecule has 0 aliphatic carbocycles. The van der Waals surface area contributed by atoms with Gasteiger partial charge in [-0.2, -0.15) is 0 Å². The van der Waals surface area contributed by atoms with Crippen molar-refractivity contribution in [3.05, 3.63) is 17.7 Å². The third-order valence-electron chi connectivity index (χ3n) is 2.21. The summed E-state index contributed by atoms with van der Waals surface area (Å²) in [6.45, 7) is 7.28. The van der Waals surface area contributed by atoms with Crippen molar-refractivity contribution in [2.24, 2.45) is 0 Å². The summed E-state index contributed by atoms with van der Waals surface area (Å²) in [7, 11) is 1.53. The Labute approximate surface area is 107 Å². The van der Waals surface area contributed by atoms with Crippen LogP contribution in [0.3, 0.4) is 0 Å². The number of methoxy groups -OCH3 is 1. The molecule has 3 N–H and O–H groups in total. The first-order valence-corrected chi connectivity index (χ1v) is 5.67. The summed E-state index contributed by atoms with van der Waals surface area (Å²) in [5.74, 6) is 0.520. The quantitative estimate of drug-likeness (QED) is 0.794. The summed E-state index contributed by atoms with van der Waals surface area (Å²) in [5, 5.41) is 2.67. The number of carbonyl (C=O) groups is 1. The van der Waals surface area contributed by atoms with Crippen LogP contribution in [0.2, 0.25) is 0 Å². The molecule has 0 saturated carbocycles. The van der Waals surface area contributed by atoms with Crippen LogP contribution in [-0.2, 0) is 4.74 Å². The number of aryl methyl sites for hydroxylation is 1. The molecule has 0 atom stereocenters. The fourth-order valence-electron chi connectivity index (χ4n) is 1.44. The minimum Gasteiger partial charge on any atom is -0.495 e. The number of nitrogens with one attached hydrogen (secondary N) is 1. The maximum absolute atomic E-state index is 11.7. The lowest BCUT2D eigenvalue weighted by Crippen LogP contribution is -2.27. The lowest BCUT2D eigenvalue weighted by atomic mass is 10.1. The van der Waals surface area contributed by atoms with Gasteiger partial charge in [0.25, 0.3) is 0 Å². The van der Waals surface area contributed by atoms with Crippen LogP contribution in [0.15, 0.2) is 12.1 Å². The van der Waals surface area contributed by atoms with Crippen LogP contribution in [0.4, 0.5) is 16.2 Å². The van der Waals surface area contributed by atoms with Gasteiger partial charge in [-0.15, -0.1) is 0 Å². The van der Waals surface area contributed by atoms with Crippen molar-refractivity contribution in [2.45, 2.75) is 33.3 Å². The third kappa shape index (κ3) is 3.84. The molecule has 0 spiro atoms. The molecule has 0 saturated heterocycles. The first kappa shape index (κ1) is 14.2. The molecular weight excluding hydrogens is 232 g/mol. The van der Waals surface area contributed by atoms with E-state index in [9.17, 15) is 4.79 Å². The van der Waals surface area contributed by atoms with E-state index < -0.39 is 11.7 Å². The summed E-state index contributed by atoms with van der Waals surface area (Å²) < 4.78 is 10.3. The molecule has 100 valence electrons. The number of rotatable bonds is 2. The highest BCUT2D eigenvalue weighted by molar-refractivity contribution is 5.87. The van der Waals surface area contributed by atoms with Crippen LogP contribution in [0.5, 0.6) is 5.75 Å². The minimum absolute atomic E-state index is 0.502. The zero-order valence-corrected chi connectivity index (χ0v) is 11.5. The van der Waals surface area contributed by atoms with Gasteiger partial charge in [0, 0.05) is 6.07 Å². The van der Waals surface area contributed by atoms with Crippen molar-refractivity contribution in [2.75, 3.05) is 18.2 Å². The van der Waals surface area contributed by atoms with Crippen LogP contribution in [0.1, 0.15) is 26.3 Å². The van der Waals surface area contributed by atoms with E-state index in [1.165, 1.54) is 7.11 Å². The lowest BCUT2D eigenvalue weighted by Gasteiger charge is -2.20. The van der Waals surface area contributed by atoms with E-state index in [0.29, 0.717) is 17.1 Å².